The van der Waals surface area contributed by atoms with E-state index in [1.165, 1.54) is 0 Å². The topological polar surface area (TPSA) is 87.1 Å². The second kappa shape index (κ2) is 4.89. The molecule has 0 saturated carbocycles. The van der Waals surface area contributed by atoms with Crippen molar-refractivity contribution < 1.29 is 9.21 Å². The molecule has 1 aliphatic rings. The van der Waals surface area contributed by atoms with Crippen molar-refractivity contribution in [2.75, 3.05) is 18.4 Å². The molecule has 1 fully saturated rings. The van der Waals surface area contributed by atoms with Gasteiger partial charge in [0.2, 0.25) is 5.91 Å². The Balaban J connectivity index is 1.76. The van der Waals surface area contributed by atoms with E-state index in [4.69, 9.17) is 4.42 Å². The fourth-order valence-corrected chi connectivity index (χ4v) is 2.35. The van der Waals surface area contributed by atoms with E-state index in [1.807, 2.05) is 0 Å². The number of oxazole rings is 1. The zero-order valence-electron chi connectivity index (χ0n) is 10.4. The highest BCUT2D eigenvalue weighted by atomic mass is 16.4. The van der Waals surface area contributed by atoms with Crippen LogP contribution < -0.4 is 16.4 Å². The Bertz CT molecular complexity index is 652. The van der Waals surface area contributed by atoms with E-state index in [0.29, 0.717) is 16.8 Å². The molecule has 0 bridgehead atoms. The number of anilines is 1. The molecule has 19 heavy (non-hydrogen) atoms. The Morgan fingerprint density at radius 3 is 3.11 bits per heavy atom. The number of hydrogen-bond donors (Lipinski definition) is 3. The molecule has 6 nitrogen and oxygen atoms in total. The summed E-state index contributed by atoms with van der Waals surface area (Å²) in [4.78, 5) is 25.7. The third-order valence-corrected chi connectivity index (χ3v) is 3.35. The number of benzene rings is 1. The normalized spacial score (nSPS) is 19.5. The lowest BCUT2D eigenvalue weighted by Crippen LogP contribution is -2.37. The smallest absolute Gasteiger partial charge is 0.408 e. The van der Waals surface area contributed by atoms with Gasteiger partial charge in [-0.05, 0) is 37.6 Å². The van der Waals surface area contributed by atoms with Crippen molar-refractivity contribution in [3.8, 4) is 0 Å². The number of aromatic nitrogens is 1. The van der Waals surface area contributed by atoms with Gasteiger partial charge in [0, 0.05) is 12.2 Å². The first-order valence-corrected chi connectivity index (χ1v) is 6.37. The largest absolute Gasteiger partial charge is 0.417 e. The number of amides is 1. The first kappa shape index (κ1) is 12.0. The molecule has 3 rings (SSSR count). The van der Waals surface area contributed by atoms with Crippen molar-refractivity contribution >= 4 is 22.7 Å². The molecule has 1 atom stereocenters. The summed E-state index contributed by atoms with van der Waals surface area (Å²) >= 11 is 0. The summed E-state index contributed by atoms with van der Waals surface area (Å²) in [5.74, 6) is -0.472. The van der Waals surface area contributed by atoms with E-state index in [-0.39, 0.29) is 11.8 Å². The van der Waals surface area contributed by atoms with Gasteiger partial charge in [0.25, 0.3) is 0 Å². The van der Waals surface area contributed by atoms with Crippen LogP contribution >= 0.6 is 0 Å². The fraction of sp³-hybridized carbons (Fsp3) is 0.385. The number of H-pyrrole nitrogens is 1. The number of nitrogens with one attached hydrogen (secondary N) is 3. The van der Waals surface area contributed by atoms with Gasteiger partial charge in [0.1, 0.15) is 0 Å². The number of aromatic amines is 1. The summed E-state index contributed by atoms with van der Waals surface area (Å²) < 4.78 is 4.91. The maximum atomic E-state index is 12.1. The first-order chi connectivity index (χ1) is 9.22. The van der Waals surface area contributed by atoms with Gasteiger partial charge in [-0.3, -0.25) is 9.78 Å². The summed E-state index contributed by atoms with van der Waals surface area (Å²) in [7, 11) is 0. The fourth-order valence-electron chi connectivity index (χ4n) is 2.35. The molecule has 3 N–H and O–H groups in total. The van der Waals surface area contributed by atoms with E-state index in [9.17, 15) is 9.59 Å². The Labute approximate surface area is 109 Å². The zero-order chi connectivity index (χ0) is 13.2. The van der Waals surface area contributed by atoms with E-state index in [2.05, 4.69) is 15.6 Å². The predicted molar refractivity (Wildman–Crippen MR) is 71.1 cm³/mol. The molecule has 2 heterocycles. The Kier molecular flexibility index (Phi) is 3.08. The van der Waals surface area contributed by atoms with Crippen molar-refractivity contribution in [3.63, 3.8) is 0 Å². The second-order valence-corrected chi connectivity index (χ2v) is 4.76. The number of piperidine rings is 1. The highest BCUT2D eigenvalue weighted by Crippen LogP contribution is 2.18. The molecule has 100 valence electrons. The average Bonchev–Trinajstić information content (AvgIpc) is 2.79. The van der Waals surface area contributed by atoms with Gasteiger partial charge in [-0.2, -0.15) is 0 Å². The quantitative estimate of drug-likeness (QED) is 0.754. The van der Waals surface area contributed by atoms with Crippen molar-refractivity contribution in [3.05, 3.63) is 28.7 Å². The summed E-state index contributed by atoms with van der Waals surface area (Å²) in [6.07, 6.45) is 1.93. The molecule has 1 aromatic heterocycles. The highest BCUT2D eigenvalue weighted by Gasteiger charge is 2.20. The molecule has 0 aliphatic carbocycles. The van der Waals surface area contributed by atoms with Crippen molar-refractivity contribution in [2.45, 2.75) is 12.8 Å². The first-order valence-electron chi connectivity index (χ1n) is 6.37. The maximum Gasteiger partial charge on any atom is 0.417 e. The van der Waals surface area contributed by atoms with Crippen LogP contribution in [0.1, 0.15) is 12.8 Å². The lowest BCUT2D eigenvalue weighted by molar-refractivity contribution is -0.120. The molecule has 2 aromatic rings. The van der Waals surface area contributed by atoms with Crippen LogP contribution in [0.4, 0.5) is 5.69 Å². The lowest BCUT2D eigenvalue weighted by Gasteiger charge is -2.21. The van der Waals surface area contributed by atoms with Crippen LogP contribution in [0.15, 0.2) is 27.4 Å². The minimum atomic E-state index is -0.491. The van der Waals surface area contributed by atoms with Gasteiger partial charge >= 0.3 is 5.76 Å². The molecule has 1 aliphatic heterocycles. The summed E-state index contributed by atoms with van der Waals surface area (Å²) in [5.41, 5.74) is 1.74. The SMILES string of the molecule is O=C(Nc1ccc2oc(=O)[nH]c2c1)[C@H]1CCCNC1. The number of fused-ring (bicyclic) bond motifs is 1. The monoisotopic (exact) mass is 261 g/mol. The van der Waals surface area contributed by atoms with Crippen LogP contribution in [0.25, 0.3) is 11.1 Å². The third kappa shape index (κ3) is 2.53. The molecular formula is C13H15N3O3. The number of rotatable bonds is 2. The molecular weight excluding hydrogens is 246 g/mol. The van der Waals surface area contributed by atoms with E-state index < -0.39 is 5.76 Å². The van der Waals surface area contributed by atoms with Gasteiger partial charge in [-0.15, -0.1) is 0 Å². The summed E-state index contributed by atoms with van der Waals surface area (Å²) in [6, 6.07) is 5.10. The van der Waals surface area contributed by atoms with Crippen molar-refractivity contribution in [2.24, 2.45) is 5.92 Å². The maximum absolute atomic E-state index is 12.1. The molecule has 1 aromatic carbocycles. The molecule has 0 spiro atoms. The van der Waals surface area contributed by atoms with Gasteiger partial charge < -0.3 is 15.1 Å². The van der Waals surface area contributed by atoms with Gasteiger partial charge in [-0.1, -0.05) is 0 Å². The highest BCUT2D eigenvalue weighted by molar-refractivity contribution is 5.94. The van der Waals surface area contributed by atoms with Crippen molar-refractivity contribution in [1.82, 2.24) is 10.3 Å². The van der Waals surface area contributed by atoms with Crippen molar-refractivity contribution in [1.29, 1.82) is 0 Å². The van der Waals surface area contributed by atoms with Crippen LogP contribution in [0.5, 0.6) is 0 Å². The predicted octanol–water partition coefficient (Wildman–Crippen LogP) is 1.06. The number of carbonyl (C=O) groups excluding carboxylic acids is 1. The van der Waals surface area contributed by atoms with E-state index >= 15 is 0 Å². The zero-order valence-corrected chi connectivity index (χ0v) is 10.4. The minimum Gasteiger partial charge on any atom is -0.408 e. The van der Waals surface area contributed by atoms with Gasteiger partial charge in [0.15, 0.2) is 5.58 Å². The Hall–Kier alpha value is -2.08. The van der Waals surface area contributed by atoms with E-state index in [1.54, 1.807) is 18.2 Å². The molecule has 1 amide bonds. The van der Waals surface area contributed by atoms with Gasteiger partial charge in [0.05, 0.1) is 11.4 Å². The molecule has 6 heteroatoms. The number of carbonyl (C=O) groups is 1. The summed E-state index contributed by atoms with van der Waals surface area (Å²) in [6.45, 7) is 1.70. The molecule has 0 unspecified atom stereocenters. The Morgan fingerprint density at radius 1 is 1.42 bits per heavy atom. The van der Waals surface area contributed by atoms with E-state index in [0.717, 1.165) is 25.9 Å². The average molecular weight is 261 g/mol. The molecule has 1 saturated heterocycles. The number of hydrogen-bond acceptors (Lipinski definition) is 4. The summed E-state index contributed by atoms with van der Waals surface area (Å²) in [5, 5.41) is 6.08. The van der Waals surface area contributed by atoms with Crippen LogP contribution in [0.3, 0.4) is 0 Å². The van der Waals surface area contributed by atoms with Crippen LogP contribution in [-0.2, 0) is 4.79 Å². The van der Waals surface area contributed by atoms with Crippen LogP contribution in [-0.4, -0.2) is 24.0 Å². The Morgan fingerprint density at radius 2 is 2.32 bits per heavy atom. The lowest BCUT2D eigenvalue weighted by atomic mass is 9.99. The standard InChI is InChI=1S/C13H15N3O3/c17-12(8-2-1-5-14-7-8)15-9-3-4-11-10(6-9)16-13(18)19-11/h3-4,6,8,14H,1-2,5,7H2,(H,15,17)(H,16,18)/t8-/m0/s1. The van der Waals surface area contributed by atoms with Crippen LogP contribution in [0, 0.1) is 5.92 Å². The minimum absolute atomic E-state index is 0.00726. The second-order valence-electron chi connectivity index (χ2n) is 4.76. The van der Waals surface area contributed by atoms with Crippen LogP contribution in [0.2, 0.25) is 0 Å². The van der Waals surface area contributed by atoms with Gasteiger partial charge in [-0.25, -0.2) is 4.79 Å². The third-order valence-electron chi connectivity index (χ3n) is 3.35. The molecule has 0 radical (unpaired) electrons.